The number of morpholine rings is 1. The fourth-order valence-corrected chi connectivity index (χ4v) is 4.74. The van der Waals surface area contributed by atoms with Crippen LogP contribution in [0.25, 0.3) is 0 Å². The van der Waals surface area contributed by atoms with Crippen molar-refractivity contribution in [2.45, 2.75) is 37.2 Å². The molecule has 162 valence electrons. The van der Waals surface area contributed by atoms with Crippen LogP contribution in [0.1, 0.15) is 40.7 Å². The smallest absolute Gasteiger partial charge is 0.233 e. The van der Waals surface area contributed by atoms with Gasteiger partial charge in [0.15, 0.2) is 5.78 Å². The average molecular weight is 421 g/mol. The Morgan fingerprint density at radius 2 is 1.97 bits per heavy atom. The third-order valence-electron chi connectivity index (χ3n) is 6.69. The molecule has 1 unspecified atom stereocenters. The zero-order valence-corrected chi connectivity index (χ0v) is 17.8. The summed E-state index contributed by atoms with van der Waals surface area (Å²) < 4.78 is 17.2. The van der Waals surface area contributed by atoms with E-state index in [0.29, 0.717) is 32.7 Å². The highest BCUT2D eigenvalue weighted by Crippen LogP contribution is 2.50. The summed E-state index contributed by atoms with van der Waals surface area (Å²) in [6, 6.07) is 13.5. The lowest BCUT2D eigenvalue weighted by molar-refractivity contribution is -0.142. The standard InChI is InChI=1S/C25H27NO5/c1-29-18-7-5-17(6-8-18)25(11-12-25)24(28)26-13-14-30-19(15-26)16-31-23-4-2-3-20-21(23)9-10-22(20)27/h2-8,19H,9-16H2,1H3. The quantitative estimate of drug-likeness (QED) is 0.717. The Morgan fingerprint density at radius 3 is 2.71 bits per heavy atom. The average Bonchev–Trinajstić information content (AvgIpc) is 3.55. The molecule has 2 fully saturated rings. The topological polar surface area (TPSA) is 65.1 Å². The van der Waals surface area contributed by atoms with Gasteiger partial charge in [-0.2, -0.15) is 0 Å². The molecular weight excluding hydrogens is 394 g/mol. The lowest BCUT2D eigenvalue weighted by Crippen LogP contribution is -2.50. The largest absolute Gasteiger partial charge is 0.497 e. The molecule has 2 aromatic rings. The van der Waals surface area contributed by atoms with Crippen LogP contribution >= 0.6 is 0 Å². The van der Waals surface area contributed by atoms with Crippen molar-refractivity contribution in [2.75, 3.05) is 33.4 Å². The van der Waals surface area contributed by atoms with Crippen molar-refractivity contribution >= 4 is 11.7 Å². The normalized spacial score (nSPS) is 21.5. The Morgan fingerprint density at radius 1 is 1.16 bits per heavy atom. The summed E-state index contributed by atoms with van der Waals surface area (Å²) in [5.41, 5.74) is 2.42. The summed E-state index contributed by atoms with van der Waals surface area (Å²) in [6.07, 6.45) is 2.84. The first-order valence-electron chi connectivity index (χ1n) is 10.9. The van der Waals surface area contributed by atoms with E-state index in [9.17, 15) is 9.59 Å². The Kier molecular flexibility index (Phi) is 5.18. The van der Waals surface area contributed by atoms with Gasteiger partial charge in [-0.1, -0.05) is 24.3 Å². The lowest BCUT2D eigenvalue weighted by atomic mass is 9.94. The predicted molar refractivity (Wildman–Crippen MR) is 115 cm³/mol. The molecule has 1 atom stereocenters. The maximum Gasteiger partial charge on any atom is 0.233 e. The van der Waals surface area contributed by atoms with Crippen LogP contribution in [0.4, 0.5) is 0 Å². The highest BCUT2D eigenvalue weighted by molar-refractivity contribution is 6.01. The molecule has 1 heterocycles. The van der Waals surface area contributed by atoms with Gasteiger partial charge >= 0.3 is 0 Å². The molecule has 0 radical (unpaired) electrons. The summed E-state index contributed by atoms with van der Waals surface area (Å²) in [7, 11) is 1.64. The summed E-state index contributed by atoms with van der Waals surface area (Å²) in [5, 5.41) is 0. The van der Waals surface area contributed by atoms with Crippen molar-refractivity contribution < 1.29 is 23.8 Å². The number of fused-ring (bicyclic) bond motifs is 1. The predicted octanol–water partition coefficient (Wildman–Crippen LogP) is 3.16. The summed E-state index contributed by atoms with van der Waals surface area (Å²) in [4.78, 5) is 27.3. The maximum atomic E-state index is 13.4. The SMILES string of the molecule is COc1ccc(C2(C(=O)N3CCOC(COc4cccc5c4CCC5=O)C3)CC2)cc1. The molecular formula is C25H27NO5. The highest BCUT2D eigenvalue weighted by Gasteiger charge is 2.53. The second kappa shape index (κ2) is 8.00. The number of amides is 1. The van der Waals surface area contributed by atoms with Crippen molar-refractivity contribution in [2.24, 2.45) is 0 Å². The Hall–Kier alpha value is -2.86. The minimum absolute atomic E-state index is 0.178. The number of carbonyl (C=O) groups is 2. The van der Waals surface area contributed by atoms with Gasteiger partial charge < -0.3 is 19.1 Å². The molecule has 1 amide bonds. The van der Waals surface area contributed by atoms with E-state index in [1.165, 1.54) is 0 Å². The second-order valence-corrected chi connectivity index (χ2v) is 8.57. The van der Waals surface area contributed by atoms with Crippen LogP contribution in [-0.2, 0) is 21.4 Å². The van der Waals surface area contributed by atoms with Crippen LogP contribution in [-0.4, -0.2) is 56.1 Å². The maximum absolute atomic E-state index is 13.4. The molecule has 1 aliphatic heterocycles. The number of rotatable bonds is 6. The molecule has 2 aliphatic carbocycles. The molecule has 1 saturated heterocycles. The Bertz CT molecular complexity index is 995. The molecule has 0 spiro atoms. The summed E-state index contributed by atoms with van der Waals surface area (Å²) >= 11 is 0. The van der Waals surface area contributed by atoms with Crippen LogP contribution in [0.3, 0.4) is 0 Å². The van der Waals surface area contributed by atoms with Gasteiger partial charge in [0.05, 0.1) is 25.7 Å². The first kappa shape index (κ1) is 20.1. The number of Topliss-reactive ketones (excluding diaryl/α,β-unsaturated/α-hetero) is 1. The van der Waals surface area contributed by atoms with Crippen molar-refractivity contribution in [3.8, 4) is 11.5 Å². The van der Waals surface area contributed by atoms with E-state index in [4.69, 9.17) is 14.2 Å². The zero-order chi connectivity index (χ0) is 21.4. The monoisotopic (exact) mass is 421 g/mol. The minimum Gasteiger partial charge on any atom is -0.497 e. The van der Waals surface area contributed by atoms with Gasteiger partial charge in [0.2, 0.25) is 5.91 Å². The fraction of sp³-hybridized carbons (Fsp3) is 0.440. The summed E-state index contributed by atoms with van der Waals surface area (Å²) in [5.74, 6) is 1.91. The highest BCUT2D eigenvalue weighted by atomic mass is 16.5. The molecule has 1 saturated carbocycles. The number of hydrogen-bond donors (Lipinski definition) is 0. The van der Waals surface area contributed by atoms with Crippen molar-refractivity contribution in [1.82, 2.24) is 4.90 Å². The van der Waals surface area contributed by atoms with Gasteiger partial charge in [0.25, 0.3) is 0 Å². The molecule has 2 aromatic carbocycles. The van der Waals surface area contributed by atoms with Gasteiger partial charge in [-0.15, -0.1) is 0 Å². The minimum atomic E-state index is -0.407. The van der Waals surface area contributed by atoms with E-state index >= 15 is 0 Å². The van der Waals surface area contributed by atoms with Crippen LogP contribution < -0.4 is 9.47 Å². The first-order valence-corrected chi connectivity index (χ1v) is 10.9. The number of nitrogens with zero attached hydrogens (tertiary/aromatic N) is 1. The lowest BCUT2D eigenvalue weighted by Gasteiger charge is -2.35. The van der Waals surface area contributed by atoms with Crippen LogP contribution in [0.5, 0.6) is 11.5 Å². The third kappa shape index (κ3) is 3.69. The van der Waals surface area contributed by atoms with E-state index in [1.807, 2.05) is 47.4 Å². The molecule has 0 aromatic heterocycles. The number of ketones is 1. The van der Waals surface area contributed by atoms with Gasteiger partial charge in [0, 0.05) is 24.1 Å². The van der Waals surface area contributed by atoms with Gasteiger partial charge in [-0.25, -0.2) is 0 Å². The number of ether oxygens (including phenoxy) is 3. The molecule has 31 heavy (non-hydrogen) atoms. The van der Waals surface area contributed by atoms with E-state index in [-0.39, 0.29) is 17.8 Å². The third-order valence-corrected chi connectivity index (χ3v) is 6.69. The Labute approximate surface area is 182 Å². The van der Waals surface area contributed by atoms with Crippen LogP contribution in [0.15, 0.2) is 42.5 Å². The van der Waals surface area contributed by atoms with Gasteiger partial charge in [-0.05, 0) is 43.0 Å². The summed E-state index contributed by atoms with van der Waals surface area (Å²) in [6.45, 7) is 1.99. The van der Waals surface area contributed by atoms with Crippen molar-refractivity contribution in [1.29, 1.82) is 0 Å². The number of benzene rings is 2. The molecule has 3 aliphatic rings. The first-order chi connectivity index (χ1) is 15.1. The number of hydrogen-bond acceptors (Lipinski definition) is 5. The van der Waals surface area contributed by atoms with Crippen molar-refractivity contribution in [3.63, 3.8) is 0 Å². The fourth-order valence-electron chi connectivity index (χ4n) is 4.74. The second-order valence-electron chi connectivity index (χ2n) is 8.57. The van der Waals surface area contributed by atoms with E-state index in [2.05, 4.69) is 0 Å². The zero-order valence-electron chi connectivity index (χ0n) is 17.8. The van der Waals surface area contributed by atoms with E-state index < -0.39 is 5.41 Å². The molecule has 0 bridgehead atoms. The van der Waals surface area contributed by atoms with Gasteiger partial charge in [-0.3, -0.25) is 9.59 Å². The Balaban J connectivity index is 1.24. The number of carbonyl (C=O) groups excluding carboxylic acids is 2. The van der Waals surface area contributed by atoms with Crippen LogP contribution in [0, 0.1) is 0 Å². The van der Waals surface area contributed by atoms with Gasteiger partial charge in [0.1, 0.15) is 24.2 Å². The molecule has 5 rings (SSSR count). The van der Waals surface area contributed by atoms with E-state index in [1.54, 1.807) is 7.11 Å². The molecule has 6 nitrogen and oxygen atoms in total. The molecule has 0 N–H and O–H groups in total. The number of methoxy groups -OCH3 is 1. The van der Waals surface area contributed by atoms with E-state index in [0.717, 1.165) is 47.5 Å². The molecule has 6 heteroatoms. The van der Waals surface area contributed by atoms with Crippen LogP contribution in [0.2, 0.25) is 0 Å². The van der Waals surface area contributed by atoms with Crippen molar-refractivity contribution in [3.05, 3.63) is 59.2 Å².